The van der Waals surface area contributed by atoms with Crippen LogP contribution in [0.2, 0.25) is 0 Å². The van der Waals surface area contributed by atoms with Gasteiger partial charge in [0.15, 0.2) is 0 Å². The molecular formula is C27H22F5N3O3. The molecule has 1 aliphatic rings. The maximum Gasteiger partial charge on any atom is 0.424 e. The van der Waals surface area contributed by atoms with Crippen molar-refractivity contribution in [3.05, 3.63) is 83.2 Å². The Morgan fingerprint density at radius 2 is 1.84 bits per heavy atom. The molecule has 3 heterocycles. The number of nitrogens with one attached hydrogen (secondary N) is 2. The van der Waals surface area contributed by atoms with E-state index in [1.54, 1.807) is 13.8 Å². The van der Waals surface area contributed by atoms with E-state index in [0.717, 1.165) is 24.3 Å². The Bertz CT molecular complexity index is 1550. The fourth-order valence-corrected chi connectivity index (χ4v) is 4.44. The van der Waals surface area contributed by atoms with Crippen molar-refractivity contribution >= 4 is 16.8 Å². The van der Waals surface area contributed by atoms with E-state index >= 15 is 0 Å². The van der Waals surface area contributed by atoms with E-state index in [2.05, 4.69) is 9.97 Å². The van der Waals surface area contributed by atoms with Crippen LogP contribution in [0.4, 0.5) is 22.0 Å². The highest BCUT2D eigenvalue weighted by atomic mass is 19.4. The van der Waals surface area contributed by atoms with Gasteiger partial charge in [-0.25, -0.2) is 13.8 Å². The number of fused-ring (bicyclic) bond motifs is 2. The minimum absolute atomic E-state index is 0.0129. The Balaban J connectivity index is 1.57. The van der Waals surface area contributed by atoms with Crippen molar-refractivity contribution < 1.29 is 36.6 Å². The standard InChI is InChI=1S/C27H22F5N3O3/c1-25(2)13-38-23-18(25)11-20(35-22(23)14-3-5-15(28)6-4-14)26(37,27(30,31)32)12-34-24(36)17-7-8-19-16(21(17)29)9-10-33-19/h3-11,33,37H,12-13H2,1-2H3,(H,34,36)/t26-/m0/s1. The van der Waals surface area contributed by atoms with Gasteiger partial charge in [0.05, 0.1) is 24.4 Å². The van der Waals surface area contributed by atoms with E-state index in [4.69, 9.17) is 4.74 Å². The molecule has 5 rings (SSSR count). The first kappa shape index (κ1) is 25.7. The SMILES string of the molecule is CC1(C)COc2c1cc([C@@](O)(CNC(=O)c1ccc3[nH]ccc3c1F)C(F)(F)F)nc2-c1ccc(F)cc1. The molecule has 1 atom stereocenters. The summed E-state index contributed by atoms with van der Waals surface area (Å²) in [4.78, 5) is 19.6. The lowest BCUT2D eigenvalue weighted by atomic mass is 9.84. The molecule has 2 aromatic carbocycles. The number of alkyl halides is 3. The van der Waals surface area contributed by atoms with E-state index < -0.39 is 52.5 Å². The number of carbonyl (C=O) groups excluding carboxylic acids is 1. The second-order valence-corrected chi connectivity index (χ2v) is 9.82. The van der Waals surface area contributed by atoms with Crippen molar-refractivity contribution in [1.29, 1.82) is 0 Å². The minimum atomic E-state index is -5.28. The van der Waals surface area contributed by atoms with Crippen LogP contribution in [-0.2, 0) is 11.0 Å². The molecule has 1 amide bonds. The minimum Gasteiger partial charge on any atom is -0.490 e. The maximum atomic E-state index is 14.8. The van der Waals surface area contributed by atoms with Gasteiger partial charge in [0, 0.05) is 33.6 Å². The monoisotopic (exact) mass is 531 g/mol. The summed E-state index contributed by atoms with van der Waals surface area (Å²) in [6, 6.07) is 9.98. The molecule has 38 heavy (non-hydrogen) atoms. The third-order valence-corrected chi connectivity index (χ3v) is 6.71. The highest BCUT2D eigenvalue weighted by Crippen LogP contribution is 2.47. The summed E-state index contributed by atoms with van der Waals surface area (Å²) in [5.74, 6) is -2.38. The second-order valence-electron chi connectivity index (χ2n) is 9.82. The van der Waals surface area contributed by atoms with Crippen LogP contribution in [0.15, 0.2) is 54.7 Å². The molecule has 198 valence electrons. The Kier molecular flexibility index (Phi) is 5.94. The Morgan fingerprint density at radius 1 is 1.13 bits per heavy atom. The maximum absolute atomic E-state index is 14.8. The fraction of sp³-hybridized carbons (Fsp3) is 0.259. The van der Waals surface area contributed by atoms with E-state index in [1.165, 1.54) is 30.5 Å². The topological polar surface area (TPSA) is 87.2 Å². The van der Waals surface area contributed by atoms with Crippen LogP contribution >= 0.6 is 0 Å². The molecule has 11 heteroatoms. The first-order valence-corrected chi connectivity index (χ1v) is 11.6. The summed E-state index contributed by atoms with van der Waals surface area (Å²) in [7, 11) is 0. The number of aliphatic hydroxyl groups is 1. The number of benzene rings is 2. The number of pyridine rings is 1. The number of ether oxygens (including phenoxy) is 1. The summed E-state index contributed by atoms with van der Waals surface area (Å²) < 4.78 is 77.4. The summed E-state index contributed by atoms with van der Waals surface area (Å²) in [6.45, 7) is 2.32. The molecule has 3 N–H and O–H groups in total. The summed E-state index contributed by atoms with van der Waals surface area (Å²) in [5.41, 5.74) is -4.61. The van der Waals surface area contributed by atoms with Gasteiger partial charge in [0.1, 0.15) is 23.1 Å². The Hall–Kier alpha value is -3.99. The van der Waals surface area contributed by atoms with Gasteiger partial charge in [0.25, 0.3) is 5.91 Å². The average molecular weight is 531 g/mol. The zero-order valence-corrected chi connectivity index (χ0v) is 20.2. The second kappa shape index (κ2) is 8.80. The highest BCUT2D eigenvalue weighted by molar-refractivity contribution is 5.98. The van der Waals surface area contributed by atoms with Gasteiger partial charge < -0.3 is 20.1 Å². The molecular weight excluding hydrogens is 509 g/mol. The quantitative estimate of drug-likeness (QED) is 0.303. The van der Waals surface area contributed by atoms with Gasteiger partial charge in [-0.2, -0.15) is 13.2 Å². The lowest BCUT2D eigenvalue weighted by Crippen LogP contribution is -2.51. The molecule has 2 aromatic heterocycles. The molecule has 0 bridgehead atoms. The molecule has 0 spiro atoms. The van der Waals surface area contributed by atoms with Crippen LogP contribution in [0, 0.1) is 11.6 Å². The Labute approximate surface area is 213 Å². The number of aromatic nitrogens is 2. The van der Waals surface area contributed by atoms with Crippen molar-refractivity contribution in [3.8, 4) is 17.0 Å². The molecule has 6 nitrogen and oxygen atoms in total. The third-order valence-electron chi connectivity index (χ3n) is 6.71. The zero-order chi connectivity index (χ0) is 27.5. The van der Waals surface area contributed by atoms with Crippen molar-refractivity contribution in [2.75, 3.05) is 13.2 Å². The lowest BCUT2D eigenvalue weighted by molar-refractivity contribution is -0.265. The first-order chi connectivity index (χ1) is 17.8. The van der Waals surface area contributed by atoms with E-state index in [-0.39, 0.29) is 29.0 Å². The number of hydrogen-bond acceptors (Lipinski definition) is 4. The zero-order valence-electron chi connectivity index (χ0n) is 20.2. The van der Waals surface area contributed by atoms with Crippen LogP contribution in [0.25, 0.3) is 22.2 Å². The van der Waals surface area contributed by atoms with Gasteiger partial charge in [0.2, 0.25) is 5.60 Å². The van der Waals surface area contributed by atoms with Gasteiger partial charge in [-0.15, -0.1) is 0 Å². The van der Waals surface area contributed by atoms with Gasteiger partial charge in [-0.05, 0) is 48.5 Å². The molecule has 4 aromatic rings. The molecule has 0 unspecified atom stereocenters. The third kappa shape index (κ3) is 4.16. The molecule has 0 saturated heterocycles. The summed E-state index contributed by atoms with van der Waals surface area (Å²) in [6.07, 6.45) is -3.82. The molecule has 0 aliphatic carbocycles. The van der Waals surface area contributed by atoms with Gasteiger partial charge in [-0.1, -0.05) is 13.8 Å². The van der Waals surface area contributed by atoms with Crippen molar-refractivity contribution in [3.63, 3.8) is 0 Å². The first-order valence-electron chi connectivity index (χ1n) is 11.6. The summed E-state index contributed by atoms with van der Waals surface area (Å²) in [5, 5.41) is 13.1. The predicted octanol–water partition coefficient (Wildman–Crippen LogP) is 5.36. The van der Waals surface area contributed by atoms with Gasteiger partial charge >= 0.3 is 6.18 Å². The smallest absolute Gasteiger partial charge is 0.424 e. The number of halogens is 5. The normalized spacial score (nSPS) is 16.1. The van der Waals surface area contributed by atoms with Crippen LogP contribution in [0.3, 0.4) is 0 Å². The van der Waals surface area contributed by atoms with E-state index in [0.29, 0.717) is 11.1 Å². The van der Waals surface area contributed by atoms with Crippen LogP contribution < -0.4 is 10.1 Å². The number of nitrogens with zero attached hydrogens (tertiary/aromatic N) is 1. The molecule has 0 saturated carbocycles. The highest BCUT2D eigenvalue weighted by Gasteiger charge is 2.57. The van der Waals surface area contributed by atoms with Crippen molar-refractivity contribution in [1.82, 2.24) is 15.3 Å². The number of carbonyl (C=O) groups is 1. The number of rotatable bonds is 5. The fourth-order valence-electron chi connectivity index (χ4n) is 4.44. The Morgan fingerprint density at radius 3 is 2.53 bits per heavy atom. The van der Waals surface area contributed by atoms with E-state index in [9.17, 15) is 31.9 Å². The van der Waals surface area contributed by atoms with Crippen LogP contribution in [-0.4, -0.2) is 40.3 Å². The lowest BCUT2D eigenvalue weighted by Gasteiger charge is -2.31. The number of hydrogen-bond donors (Lipinski definition) is 3. The summed E-state index contributed by atoms with van der Waals surface area (Å²) >= 11 is 0. The number of amides is 1. The molecule has 1 aliphatic heterocycles. The predicted molar refractivity (Wildman–Crippen MR) is 129 cm³/mol. The largest absolute Gasteiger partial charge is 0.490 e. The average Bonchev–Trinajstić information content (AvgIpc) is 3.46. The number of aromatic amines is 1. The van der Waals surface area contributed by atoms with Gasteiger partial charge in [-0.3, -0.25) is 4.79 Å². The number of H-pyrrole nitrogens is 1. The van der Waals surface area contributed by atoms with E-state index in [1.807, 2.05) is 5.32 Å². The van der Waals surface area contributed by atoms with Crippen LogP contribution in [0.1, 0.15) is 35.5 Å². The molecule has 0 radical (unpaired) electrons. The van der Waals surface area contributed by atoms with Crippen molar-refractivity contribution in [2.24, 2.45) is 0 Å². The van der Waals surface area contributed by atoms with Crippen molar-refractivity contribution in [2.45, 2.75) is 31.0 Å². The van der Waals surface area contributed by atoms with Crippen LogP contribution in [0.5, 0.6) is 5.75 Å². The molecule has 0 fully saturated rings.